The molecule has 4 aromatic rings. The summed E-state index contributed by atoms with van der Waals surface area (Å²) in [6, 6.07) is 23.3. The van der Waals surface area contributed by atoms with Gasteiger partial charge in [-0.25, -0.2) is 4.98 Å². The van der Waals surface area contributed by atoms with Gasteiger partial charge in [0.05, 0.1) is 18.3 Å². The molecule has 0 amide bonds. The Kier molecular flexibility index (Phi) is 6.22. The van der Waals surface area contributed by atoms with E-state index in [1.54, 1.807) is 19.2 Å². The number of halogens is 2. The number of benzene rings is 3. The Bertz CT molecular complexity index is 1220. The van der Waals surface area contributed by atoms with Crippen molar-refractivity contribution < 1.29 is 9.47 Å². The Morgan fingerprint density at radius 2 is 1.73 bits per heavy atom. The van der Waals surface area contributed by atoms with Gasteiger partial charge < -0.3 is 9.47 Å². The summed E-state index contributed by atoms with van der Waals surface area (Å²) in [6.07, 6.45) is 3.98. The van der Waals surface area contributed by atoms with Gasteiger partial charge in [-0.1, -0.05) is 65.7 Å². The third-order valence-corrected chi connectivity index (χ3v) is 5.24. The first kappa shape index (κ1) is 20.3. The molecule has 3 nitrogen and oxygen atoms in total. The third-order valence-electron chi connectivity index (χ3n) is 4.65. The summed E-state index contributed by atoms with van der Waals surface area (Å²) in [4.78, 5) is 4.66. The second kappa shape index (κ2) is 9.21. The monoisotopic (exact) mass is 435 g/mol. The number of para-hydroxylation sites is 1. The minimum atomic E-state index is 0.322. The van der Waals surface area contributed by atoms with Crippen LogP contribution in [0.2, 0.25) is 10.0 Å². The van der Waals surface area contributed by atoms with Crippen LogP contribution in [0.3, 0.4) is 0 Å². The zero-order valence-electron chi connectivity index (χ0n) is 16.3. The maximum atomic E-state index is 6.22. The Hall–Kier alpha value is -3.01. The van der Waals surface area contributed by atoms with Crippen LogP contribution in [0.4, 0.5) is 0 Å². The summed E-state index contributed by atoms with van der Waals surface area (Å²) < 4.78 is 11.4. The van der Waals surface area contributed by atoms with Gasteiger partial charge in [0.1, 0.15) is 6.61 Å². The average molecular weight is 436 g/mol. The van der Waals surface area contributed by atoms with Crippen LogP contribution in [0.5, 0.6) is 11.5 Å². The maximum absolute atomic E-state index is 6.22. The maximum Gasteiger partial charge on any atom is 0.161 e. The zero-order valence-corrected chi connectivity index (χ0v) is 17.8. The molecule has 0 saturated heterocycles. The lowest BCUT2D eigenvalue weighted by molar-refractivity contribution is 0.284. The lowest BCUT2D eigenvalue weighted by Crippen LogP contribution is -1.98. The van der Waals surface area contributed by atoms with Crippen LogP contribution < -0.4 is 9.47 Å². The zero-order chi connectivity index (χ0) is 20.9. The normalized spacial score (nSPS) is 11.2. The molecule has 5 heteroatoms. The van der Waals surface area contributed by atoms with E-state index in [4.69, 9.17) is 32.7 Å². The molecule has 0 saturated carbocycles. The Labute approximate surface area is 185 Å². The molecule has 0 aliphatic rings. The fraction of sp³-hybridized carbons (Fsp3) is 0.0800. The van der Waals surface area contributed by atoms with E-state index in [1.807, 2.05) is 60.7 Å². The molecule has 0 spiro atoms. The van der Waals surface area contributed by atoms with E-state index in [2.05, 4.69) is 17.1 Å². The summed E-state index contributed by atoms with van der Waals surface area (Å²) in [7, 11) is 1.62. The molecule has 0 fully saturated rings. The Morgan fingerprint density at radius 3 is 2.57 bits per heavy atom. The standard InChI is InChI=1S/C25H19Cl2NO2/c1-29-25-14-17(6-11-21-12-9-18-4-2-3-5-23(18)28-21)7-13-24(25)30-16-19-8-10-20(26)15-22(19)27/h2-15H,16H2,1H3. The molecule has 30 heavy (non-hydrogen) atoms. The molecule has 0 atom stereocenters. The Morgan fingerprint density at radius 1 is 0.867 bits per heavy atom. The van der Waals surface area contributed by atoms with Crippen LogP contribution in [-0.4, -0.2) is 12.1 Å². The van der Waals surface area contributed by atoms with E-state index in [0.717, 1.165) is 27.7 Å². The predicted molar refractivity (Wildman–Crippen MR) is 124 cm³/mol. The molecule has 0 radical (unpaired) electrons. The smallest absolute Gasteiger partial charge is 0.161 e. The summed E-state index contributed by atoms with van der Waals surface area (Å²) >= 11 is 12.2. The van der Waals surface area contributed by atoms with E-state index in [0.29, 0.717) is 28.2 Å². The highest BCUT2D eigenvalue weighted by atomic mass is 35.5. The van der Waals surface area contributed by atoms with Crippen LogP contribution >= 0.6 is 23.2 Å². The van der Waals surface area contributed by atoms with Gasteiger partial charge in [-0.2, -0.15) is 0 Å². The largest absolute Gasteiger partial charge is 0.493 e. The number of ether oxygens (including phenoxy) is 2. The van der Waals surface area contributed by atoms with Crippen molar-refractivity contribution in [2.45, 2.75) is 6.61 Å². The van der Waals surface area contributed by atoms with Crippen LogP contribution in [0.15, 0.2) is 72.8 Å². The van der Waals surface area contributed by atoms with Crippen molar-refractivity contribution in [3.05, 3.63) is 99.7 Å². The van der Waals surface area contributed by atoms with Crippen molar-refractivity contribution in [2.75, 3.05) is 7.11 Å². The number of rotatable bonds is 6. The highest BCUT2D eigenvalue weighted by Gasteiger charge is 2.08. The predicted octanol–water partition coefficient (Wildman–Crippen LogP) is 7.30. The fourth-order valence-electron chi connectivity index (χ4n) is 3.06. The highest BCUT2D eigenvalue weighted by Crippen LogP contribution is 2.31. The molecule has 0 aliphatic heterocycles. The molecule has 1 aromatic heterocycles. The lowest BCUT2D eigenvalue weighted by Gasteiger charge is -2.12. The van der Waals surface area contributed by atoms with Crippen molar-refractivity contribution in [3.63, 3.8) is 0 Å². The summed E-state index contributed by atoms with van der Waals surface area (Å²) in [6.45, 7) is 0.322. The van der Waals surface area contributed by atoms with Gasteiger partial charge in [-0.15, -0.1) is 0 Å². The molecule has 0 bridgehead atoms. The fourth-order valence-corrected chi connectivity index (χ4v) is 3.52. The van der Waals surface area contributed by atoms with Gasteiger partial charge in [0, 0.05) is 21.0 Å². The molecule has 150 valence electrons. The van der Waals surface area contributed by atoms with E-state index in [1.165, 1.54) is 0 Å². The van der Waals surface area contributed by atoms with E-state index >= 15 is 0 Å². The lowest BCUT2D eigenvalue weighted by atomic mass is 10.1. The molecule has 3 aromatic carbocycles. The van der Waals surface area contributed by atoms with Gasteiger partial charge in [-0.3, -0.25) is 0 Å². The second-order valence-corrected chi connectivity index (χ2v) is 7.54. The second-order valence-electron chi connectivity index (χ2n) is 6.70. The van der Waals surface area contributed by atoms with Gasteiger partial charge in [0.25, 0.3) is 0 Å². The first-order chi connectivity index (χ1) is 14.6. The third kappa shape index (κ3) is 4.76. The SMILES string of the molecule is COc1cc(C=Cc2ccc3ccccc3n2)ccc1OCc1ccc(Cl)cc1Cl. The highest BCUT2D eigenvalue weighted by molar-refractivity contribution is 6.35. The van der Waals surface area contributed by atoms with E-state index < -0.39 is 0 Å². The van der Waals surface area contributed by atoms with Gasteiger partial charge in [0.2, 0.25) is 0 Å². The number of hydrogen-bond acceptors (Lipinski definition) is 3. The molecular formula is C25H19Cl2NO2. The first-order valence-electron chi connectivity index (χ1n) is 9.41. The van der Waals surface area contributed by atoms with Crippen molar-refractivity contribution in [1.29, 1.82) is 0 Å². The number of methoxy groups -OCH3 is 1. The topological polar surface area (TPSA) is 31.4 Å². The van der Waals surface area contributed by atoms with Crippen LogP contribution in [0.25, 0.3) is 23.1 Å². The number of hydrogen-bond donors (Lipinski definition) is 0. The van der Waals surface area contributed by atoms with Crippen LogP contribution in [-0.2, 0) is 6.61 Å². The number of aromatic nitrogens is 1. The quantitative estimate of drug-likeness (QED) is 0.318. The van der Waals surface area contributed by atoms with Crippen molar-refractivity contribution >= 4 is 46.3 Å². The number of fused-ring (bicyclic) bond motifs is 1. The average Bonchev–Trinajstić information content (AvgIpc) is 2.77. The number of pyridine rings is 1. The molecule has 1 heterocycles. The van der Waals surface area contributed by atoms with Crippen LogP contribution in [0.1, 0.15) is 16.8 Å². The van der Waals surface area contributed by atoms with Crippen LogP contribution in [0, 0.1) is 0 Å². The minimum Gasteiger partial charge on any atom is -0.493 e. The van der Waals surface area contributed by atoms with Crippen molar-refractivity contribution in [1.82, 2.24) is 4.98 Å². The number of nitrogens with zero attached hydrogens (tertiary/aromatic N) is 1. The molecule has 0 unspecified atom stereocenters. The first-order valence-corrected chi connectivity index (χ1v) is 10.2. The van der Waals surface area contributed by atoms with Gasteiger partial charge in [-0.05, 0) is 48.0 Å². The van der Waals surface area contributed by atoms with Crippen molar-refractivity contribution in [2.24, 2.45) is 0 Å². The summed E-state index contributed by atoms with van der Waals surface area (Å²) in [5.74, 6) is 1.29. The minimum absolute atomic E-state index is 0.322. The molecule has 4 rings (SSSR count). The van der Waals surface area contributed by atoms with Gasteiger partial charge >= 0.3 is 0 Å². The van der Waals surface area contributed by atoms with Gasteiger partial charge in [0.15, 0.2) is 11.5 Å². The van der Waals surface area contributed by atoms with Crippen molar-refractivity contribution in [3.8, 4) is 11.5 Å². The summed E-state index contributed by atoms with van der Waals surface area (Å²) in [5, 5.41) is 2.29. The van der Waals surface area contributed by atoms with E-state index in [-0.39, 0.29) is 0 Å². The summed E-state index contributed by atoms with van der Waals surface area (Å²) in [5.41, 5.74) is 3.71. The molecule has 0 aliphatic carbocycles. The van der Waals surface area contributed by atoms with E-state index in [9.17, 15) is 0 Å². The molecular weight excluding hydrogens is 417 g/mol. The molecule has 0 N–H and O–H groups in total. The Balaban J connectivity index is 1.50.